The third-order valence-corrected chi connectivity index (χ3v) is 5.40. The van der Waals surface area contributed by atoms with Crippen LogP contribution in [0.4, 0.5) is 17.6 Å². The predicted octanol–water partition coefficient (Wildman–Crippen LogP) is 4.51. The van der Waals surface area contributed by atoms with Crippen molar-refractivity contribution in [3.05, 3.63) is 80.0 Å². The first kappa shape index (κ1) is 21.3. The van der Waals surface area contributed by atoms with E-state index in [1.807, 2.05) is 4.90 Å². The van der Waals surface area contributed by atoms with E-state index < -0.39 is 23.3 Å². The van der Waals surface area contributed by atoms with Crippen LogP contribution in [-0.2, 0) is 25.7 Å². The summed E-state index contributed by atoms with van der Waals surface area (Å²) in [5, 5.41) is 9.36. The van der Waals surface area contributed by atoms with Crippen LogP contribution in [-0.4, -0.2) is 26.5 Å². The van der Waals surface area contributed by atoms with Gasteiger partial charge in [0.1, 0.15) is 5.82 Å². The van der Waals surface area contributed by atoms with Gasteiger partial charge in [0, 0.05) is 31.6 Å². The highest BCUT2D eigenvalue weighted by molar-refractivity contribution is 6.32. The molecule has 0 atom stereocenters. The number of nitrogens with one attached hydrogen (secondary N) is 1. The first-order valence-corrected chi connectivity index (χ1v) is 9.68. The molecule has 0 unspecified atom stereocenters. The second-order valence-electron chi connectivity index (χ2n) is 7.28. The van der Waals surface area contributed by atoms with Crippen molar-refractivity contribution in [2.45, 2.75) is 25.7 Å². The van der Waals surface area contributed by atoms with Crippen LogP contribution in [0.1, 0.15) is 22.4 Å². The Kier molecular flexibility index (Phi) is 5.49. The number of nitrogens with zero attached hydrogens (tertiary/aromatic N) is 2. The quantitative estimate of drug-likeness (QED) is 0.572. The summed E-state index contributed by atoms with van der Waals surface area (Å²) >= 11 is 5.82. The molecule has 0 saturated heterocycles. The highest BCUT2D eigenvalue weighted by Gasteiger charge is 2.30. The minimum Gasteiger partial charge on any atom is -0.504 e. The normalized spacial score (nSPS) is 14.5. The molecule has 1 aliphatic rings. The topological polar surface area (TPSA) is 69.2 Å². The molecule has 0 aliphatic carbocycles. The maximum Gasteiger partial charge on any atom is 0.416 e. The SMILES string of the molecule is O=c1[nH]c(-c2ccc(C(F)(F)F)cc2)nc2c1CN(Cc1cc(F)c(O)c(Cl)c1)CC2. The molecule has 0 fully saturated rings. The number of halogens is 5. The van der Waals surface area contributed by atoms with E-state index >= 15 is 0 Å². The molecule has 5 nitrogen and oxygen atoms in total. The Morgan fingerprint density at radius 1 is 1.19 bits per heavy atom. The number of aromatic nitrogens is 2. The fourth-order valence-electron chi connectivity index (χ4n) is 3.54. The Bertz CT molecular complexity index is 1170. The number of phenols is 1. The van der Waals surface area contributed by atoms with E-state index in [1.165, 1.54) is 24.3 Å². The summed E-state index contributed by atoms with van der Waals surface area (Å²) < 4.78 is 52.0. The van der Waals surface area contributed by atoms with Crippen molar-refractivity contribution >= 4 is 11.6 Å². The summed E-state index contributed by atoms with van der Waals surface area (Å²) in [5.41, 5.74) is 0.800. The number of hydrogen-bond donors (Lipinski definition) is 2. The van der Waals surface area contributed by atoms with Gasteiger partial charge in [-0.25, -0.2) is 9.37 Å². The van der Waals surface area contributed by atoms with Crippen LogP contribution in [0.3, 0.4) is 0 Å². The molecule has 31 heavy (non-hydrogen) atoms. The van der Waals surface area contributed by atoms with Gasteiger partial charge in [0.05, 0.1) is 21.8 Å². The third kappa shape index (κ3) is 4.42. The van der Waals surface area contributed by atoms with Crippen molar-refractivity contribution in [1.82, 2.24) is 14.9 Å². The van der Waals surface area contributed by atoms with E-state index in [2.05, 4.69) is 9.97 Å². The molecule has 1 aromatic heterocycles. The largest absolute Gasteiger partial charge is 0.504 e. The lowest BCUT2D eigenvalue weighted by Gasteiger charge is -2.28. The van der Waals surface area contributed by atoms with Crippen molar-refractivity contribution in [3.63, 3.8) is 0 Å². The molecule has 1 aliphatic heterocycles. The van der Waals surface area contributed by atoms with Crippen LogP contribution in [0.25, 0.3) is 11.4 Å². The molecule has 0 saturated carbocycles. The van der Waals surface area contributed by atoms with E-state index in [9.17, 15) is 27.5 Å². The number of benzene rings is 2. The van der Waals surface area contributed by atoms with Crippen molar-refractivity contribution in [2.24, 2.45) is 0 Å². The van der Waals surface area contributed by atoms with Gasteiger partial charge >= 0.3 is 6.18 Å². The Morgan fingerprint density at radius 2 is 1.90 bits per heavy atom. The number of fused-ring (bicyclic) bond motifs is 1. The number of rotatable bonds is 3. The fourth-order valence-corrected chi connectivity index (χ4v) is 3.77. The van der Waals surface area contributed by atoms with Crippen molar-refractivity contribution < 1.29 is 22.7 Å². The predicted molar refractivity (Wildman–Crippen MR) is 106 cm³/mol. The molecule has 2 heterocycles. The summed E-state index contributed by atoms with van der Waals surface area (Å²) in [5.74, 6) is -1.22. The van der Waals surface area contributed by atoms with E-state index in [4.69, 9.17) is 11.6 Å². The minimum absolute atomic E-state index is 0.0897. The van der Waals surface area contributed by atoms with Crippen LogP contribution in [0.2, 0.25) is 5.02 Å². The van der Waals surface area contributed by atoms with Crippen LogP contribution >= 0.6 is 11.6 Å². The van der Waals surface area contributed by atoms with Crippen LogP contribution in [0, 0.1) is 5.82 Å². The summed E-state index contributed by atoms with van der Waals surface area (Å²) in [6.07, 6.45) is -4.00. The summed E-state index contributed by atoms with van der Waals surface area (Å²) in [7, 11) is 0. The number of aromatic hydroxyl groups is 1. The first-order chi connectivity index (χ1) is 14.6. The molecule has 0 bridgehead atoms. The Morgan fingerprint density at radius 3 is 2.55 bits per heavy atom. The lowest BCUT2D eigenvalue weighted by Crippen LogP contribution is -2.35. The minimum atomic E-state index is -4.44. The van der Waals surface area contributed by atoms with Gasteiger partial charge in [-0.2, -0.15) is 13.2 Å². The van der Waals surface area contributed by atoms with Gasteiger partial charge in [-0.05, 0) is 29.8 Å². The second kappa shape index (κ2) is 7.97. The van der Waals surface area contributed by atoms with Crippen LogP contribution in [0.5, 0.6) is 5.75 Å². The molecule has 10 heteroatoms. The lowest BCUT2D eigenvalue weighted by molar-refractivity contribution is -0.137. The Balaban J connectivity index is 1.56. The molecular weight excluding hydrogens is 438 g/mol. The van der Waals surface area contributed by atoms with Crippen molar-refractivity contribution in [1.29, 1.82) is 0 Å². The fraction of sp³-hybridized carbons (Fsp3) is 0.238. The van der Waals surface area contributed by atoms with Gasteiger partial charge < -0.3 is 10.1 Å². The molecule has 3 aromatic rings. The molecule has 0 radical (unpaired) electrons. The number of aromatic amines is 1. The van der Waals surface area contributed by atoms with Crippen LogP contribution < -0.4 is 5.56 Å². The molecule has 0 amide bonds. The smallest absolute Gasteiger partial charge is 0.416 e. The molecule has 0 spiro atoms. The van der Waals surface area contributed by atoms with Gasteiger partial charge in [-0.3, -0.25) is 9.69 Å². The average Bonchev–Trinajstić information content (AvgIpc) is 2.72. The molecule has 2 aromatic carbocycles. The number of hydrogen-bond acceptors (Lipinski definition) is 4. The Labute approximate surface area is 178 Å². The maximum atomic E-state index is 13.7. The molecule has 162 valence electrons. The van der Waals surface area contributed by atoms with Crippen LogP contribution in [0.15, 0.2) is 41.2 Å². The second-order valence-corrected chi connectivity index (χ2v) is 7.69. The average molecular weight is 454 g/mol. The standard InChI is InChI=1S/C21H16ClF4N3O2/c22-15-7-11(8-16(23)18(15)30)9-29-6-5-17-14(10-29)20(31)28-19(27-17)12-1-3-13(4-2-12)21(24,25)26/h1-4,7-8,30H,5-6,9-10H2,(H,27,28,31). The summed E-state index contributed by atoms with van der Waals surface area (Å²) in [4.78, 5) is 21.6. The number of alkyl halides is 3. The van der Waals surface area contributed by atoms with E-state index in [0.717, 1.165) is 12.1 Å². The van der Waals surface area contributed by atoms with E-state index in [0.29, 0.717) is 41.9 Å². The highest BCUT2D eigenvalue weighted by atomic mass is 35.5. The summed E-state index contributed by atoms with van der Waals surface area (Å²) in [6.45, 7) is 1.12. The molecular formula is C21H16ClF4N3O2. The van der Waals surface area contributed by atoms with Gasteiger partial charge in [-0.15, -0.1) is 0 Å². The maximum absolute atomic E-state index is 13.7. The third-order valence-electron chi connectivity index (χ3n) is 5.12. The van der Waals surface area contributed by atoms with Gasteiger partial charge in [0.25, 0.3) is 5.56 Å². The highest BCUT2D eigenvalue weighted by Crippen LogP contribution is 2.31. The summed E-state index contributed by atoms with van der Waals surface area (Å²) in [6, 6.07) is 7.08. The van der Waals surface area contributed by atoms with E-state index in [1.54, 1.807) is 0 Å². The zero-order valence-electron chi connectivity index (χ0n) is 15.9. The zero-order valence-corrected chi connectivity index (χ0v) is 16.7. The van der Waals surface area contributed by atoms with Gasteiger partial charge in [-0.1, -0.05) is 23.7 Å². The van der Waals surface area contributed by atoms with Crippen molar-refractivity contribution in [2.75, 3.05) is 6.54 Å². The number of phenolic OH excluding ortho intramolecular Hbond substituents is 1. The molecule has 2 N–H and O–H groups in total. The lowest BCUT2D eigenvalue weighted by atomic mass is 10.0. The van der Waals surface area contributed by atoms with Crippen molar-refractivity contribution in [3.8, 4) is 17.1 Å². The van der Waals surface area contributed by atoms with Gasteiger partial charge in [0.2, 0.25) is 0 Å². The van der Waals surface area contributed by atoms with E-state index in [-0.39, 0.29) is 23.0 Å². The van der Waals surface area contributed by atoms with Gasteiger partial charge in [0.15, 0.2) is 11.6 Å². The number of H-pyrrole nitrogens is 1. The first-order valence-electron chi connectivity index (χ1n) is 9.31. The zero-order chi connectivity index (χ0) is 22.3. The Hall–Kier alpha value is -2.91. The molecule has 4 rings (SSSR count). The monoisotopic (exact) mass is 453 g/mol.